The molecule has 1 aromatic rings. The highest BCUT2D eigenvalue weighted by molar-refractivity contribution is 5.44. The van der Waals surface area contributed by atoms with Gasteiger partial charge in [0.25, 0.3) is 0 Å². The second-order valence-electron chi connectivity index (χ2n) is 5.49. The highest BCUT2D eigenvalue weighted by atomic mass is 15.1. The third-order valence-electron chi connectivity index (χ3n) is 3.48. The fourth-order valence-electron chi connectivity index (χ4n) is 2.57. The van der Waals surface area contributed by atoms with E-state index in [1.807, 2.05) is 13.0 Å². The lowest BCUT2D eigenvalue weighted by atomic mass is 10.1. The Labute approximate surface area is 115 Å². The average Bonchev–Trinajstić information content (AvgIpc) is 2.88. The first-order valence-corrected chi connectivity index (χ1v) is 7.02. The van der Waals surface area contributed by atoms with Crippen LogP contribution in [-0.2, 0) is 0 Å². The zero-order chi connectivity index (χ0) is 13.7. The SMILES string of the molecule is Cc1cc(C#N)cc(NCC(C)CN2CCCC2)n1. The number of hydrogen-bond donors (Lipinski definition) is 1. The largest absolute Gasteiger partial charge is 0.370 e. The lowest BCUT2D eigenvalue weighted by Crippen LogP contribution is -2.29. The van der Waals surface area contributed by atoms with Crippen LogP contribution in [0.2, 0.25) is 0 Å². The van der Waals surface area contributed by atoms with Crippen LogP contribution < -0.4 is 5.32 Å². The maximum absolute atomic E-state index is 8.94. The van der Waals surface area contributed by atoms with E-state index >= 15 is 0 Å². The molecule has 1 saturated heterocycles. The van der Waals surface area contributed by atoms with E-state index in [2.05, 4.69) is 28.2 Å². The summed E-state index contributed by atoms with van der Waals surface area (Å²) in [6, 6.07) is 5.79. The van der Waals surface area contributed by atoms with Crippen molar-refractivity contribution in [2.24, 2.45) is 5.92 Å². The Hall–Kier alpha value is -1.60. The molecule has 19 heavy (non-hydrogen) atoms. The topological polar surface area (TPSA) is 52.0 Å². The van der Waals surface area contributed by atoms with Crippen LogP contribution in [0.3, 0.4) is 0 Å². The molecule has 4 nitrogen and oxygen atoms in total. The van der Waals surface area contributed by atoms with Gasteiger partial charge in [-0.25, -0.2) is 4.98 Å². The Morgan fingerprint density at radius 1 is 1.42 bits per heavy atom. The monoisotopic (exact) mass is 258 g/mol. The summed E-state index contributed by atoms with van der Waals surface area (Å²) in [6.07, 6.45) is 2.68. The molecule has 1 unspecified atom stereocenters. The third-order valence-corrected chi connectivity index (χ3v) is 3.48. The van der Waals surface area contributed by atoms with Crippen LogP contribution in [0.5, 0.6) is 0 Å². The summed E-state index contributed by atoms with van der Waals surface area (Å²) in [4.78, 5) is 6.93. The number of rotatable bonds is 5. The van der Waals surface area contributed by atoms with Crippen molar-refractivity contribution in [3.63, 3.8) is 0 Å². The molecule has 1 aliphatic heterocycles. The van der Waals surface area contributed by atoms with E-state index in [9.17, 15) is 0 Å². The van der Waals surface area contributed by atoms with Crippen molar-refractivity contribution in [2.45, 2.75) is 26.7 Å². The summed E-state index contributed by atoms with van der Waals surface area (Å²) in [5.41, 5.74) is 1.55. The number of pyridine rings is 1. The fraction of sp³-hybridized carbons (Fsp3) is 0.600. The van der Waals surface area contributed by atoms with E-state index in [1.54, 1.807) is 6.07 Å². The molecule has 0 aromatic carbocycles. The predicted molar refractivity (Wildman–Crippen MR) is 77.0 cm³/mol. The molecule has 0 bridgehead atoms. The maximum Gasteiger partial charge on any atom is 0.127 e. The van der Waals surface area contributed by atoms with Crippen LogP contribution in [0.1, 0.15) is 31.0 Å². The van der Waals surface area contributed by atoms with Gasteiger partial charge in [-0.3, -0.25) is 0 Å². The molecule has 1 fully saturated rings. The molecule has 1 atom stereocenters. The molecule has 102 valence electrons. The minimum atomic E-state index is 0.589. The molecule has 2 rings (SSSR count). The molecule has 0 aliphatic carbocycles. The van der Waals surface area contributed by atoms with Gasteiger partial charge < -0.3 is 10.2 Å². The summed E-state index contributed by atoms with van der Waals surface area (Å²) in [5, 5.41) is 12.3. The molecule has 1 aromatic heterocycles. The Morgan fingerprint density at radius 2 is 2.16 bits per heavy atom. The van der Waals surface area contributed by atoms with Crippen molar-refractivity contribution in [2.75, 3.05) is 31.5 Å². The number of anilines is 1. The highest BCUT2D eigenvalue weighted by Gasteiger charge is 2.14. The molecule has 4 heteroatoms. The van der Waals surface area contributed by atoms with Crippen molar-refractivity contribution in [3.8, 4) is 6.07 Å². The molecule has 0 saturated carbocycles. The van der Waals surface area contributed by atoms with E-state index in [0.717, 1.165) is 24.6 Å². The van der Waals surface area contributed by atoms with Gasteiger partial charge in [0.2, 0.25) is 0 Å². The summed E-state index contributed by atoms with van der Waals surface area (Å²) < 4.78 is 0. The van der Waals surface area contributed by atoms with Crippen LogP contribution in [0.4, 0.5) is 5.82 Å². The van der Waals surface area contributed by atoms with E-state index < -0.39 is 0 Å². The van der Waals surface area contributed by atoms with E-state index in [4.69, 9.17) is 5.26 Å². The van der Waals surface area contributed by atoms with Crippen molar-refractivity contribution < 1.29 is 0 Å². The number of hydrogen-bond acceptors (Lipinski definition) is 4. The van der Waals surface area contributed by atoms with Crippen LogP contribution in [0.25, 0.3) is 0 Å². The van der Waals surface area contributed by atoms with Gasteiger partial charge in [-0.2, -0.15) is 5.26 Å². The molecule has 0 radical (unpaired) electrons. The lowest BCUT2D eigenvalue weighted by molar-refractivity contribution is 0.294. The number of nitriles is 1. The van der Waals surface area contributed by atoms with Gasteiger partial charge >= 0.3 is 0 Å². The quantitative estimate of drug-likeness (QED) is 0.881. The smallest absolute Gasteiger partial charge is 0.127 e. The van der Waals surface area contributed by atoms with Crippen LogP contribution >= 0.6 is 0 Å². The van der Waals surface area contributed by atoms with Crippen LogP contribution in [-0.4, -0.2) is 36.1 Å². The summed E-state index contributed by atoms with van der Waals surface area (Å²) in [7, 11) is 0. The summed E-state index contributed by atoms with van der Waals surface area (Å²) >= 11 is 0. The van der Waals surface area contributed by atoms with Gasteiger partial charge in [-0.1, -0.05) is 6.92 Å². The lowest BCUT2D eigenvalue weighted by Gasteiger charge is -2.20. The first kappa shape index (κ1) is 13.8. The van der Waals surface area contributed by atoms with Gasteiger partial charge in [-0.05, 0) is 50.9 Å². The Balaban J connectivity index is 1.84. The van der Waals surface area contributed by atoms with Gasteiger partial charge in [0.05, 0.1) is 11.6 Å². The highest BCUT2D eigenvalue weighted by Crippen LogP contribution is 2.12. The van der Waals surface area contributed by atoms with Crippen molar-refractivity contribution in [1.82, 2.24) is 9.88 Å². The fourth-order valence-corrected chi connectivity index (χ4v) is 2.57. The molecule has 0 amide bonds. The number of aryl methyl sites for hydroxylation is 1. The normalized spacial score (nSPS) is 17.1. The molecule has 0 spiro atoms. The van der Waals surface area contributed by atoms with E-state index in [1.165, 1.54) is 25.9 Å². The van der Waals surface area contributed by atoms with Crippen molar-refractivity contribution in [3.05, 3.63) is 23.4 Å². The summed E-state index contributed by atoms with van der Waals surface area (Å²) in [5.74, 6) is 1.40. The number of aromatic nitrogens is 1. The third kappa shape index (κ3) is 4.22. The van der Waals surface area contributed by atoms with Crippen molar-refractivity contribution in [1.29, 1.82) is 5.26 Å². The second-order valence-corrected chi connectivity index (χ2v) is 5.49. The van der Waals surface area contributed by atoms with Gasteiger partial charge in [-0.15, -0.1) is 0 Å². The van der Waals surface area contributed by atoms with Gasteiger partial charge in [0.15, 0.2) is 0 Å². The number of nitrogens with one attached hydrogen (secondary N) is 1. The summed E-state index contributed by atoms with van der Waals surface area (Å²) in [6.45, 7) is 8.70. The number of nitrogens with zero attached hydrogens (tertiary/aromatic N) is 3. The number of likely N-dealkylation sites (tertiary alicyclic amines) is 1. The first-order chi connectivity index (χ1) is 9.17. The second kappa shape index (κ2) is 6.53. The Bertz CT molecular complexity index is 458. The van der Waals surface area contributed by atoms with Crippen LogP contribution in [0, 0.1) is 24.2 Å². The van der Waals surface area contributed by atoms with Gasteiger partial charge in [0.1, 0.15) is 5.82 Å². The average molecular weight is 258 g/mol. The van der Waals surface area contributed by atoms with E-state index in [-0.39, 0.29) is 0 Å². The standard InChI is InChI=1S/C15H22N4/c1-12(11-19-5-3-4-6-19)10-17-15-8-14(9-16)7-13(2)18-15/h7-8,12H,3-6,10-11H2,1-2H3,(H,17,18). The minimum absolute atomic E-state index is 0.589. The van der Waals surface area contributed by atoms with Crippen LogP contribution in [0.15, 0.2) is 12.1 Å². The predicted octanol–water partition coefficient (Wildman–Crippen LogP) is 2.41. The zero-order valence-electron chi connectivity index (χ0n) is 11.8. The zero-order valence-corrected chi connectivity index (χ0v) is 11.8. The van der Waals surface area contributed by atoms with E-state index in [0.29, 0.717) is 11.5 Å². The molecular weight excluding hydrogens is 236 g/mol. The maximum atomic E-state index is 8.94. The van der Waals surface area contributed by atoms with Gasteiger partial charge in [0, 0.05) is 18.8 Å². The minimum Gasteiger partial charge on any atom is -0.370 e. The Kier molecular flexibility index (Phi) is 4.75. The van der Waals surface area contributed by atoms with Crippen molar-refractivity contribution >= 4 is 5.82 Å². The molecule has 1 N–H and O–H groups in total. The molecular formula is C15H22N4. The molecule has 2 heterocycles. The Morgan fingerprint density at radius 3 is 2.84 bits per heavy atom. The molecule has 1 aliphatic rings. The first-order valence-electron chi connectivity index (χ1n) is 7.02.